The summed E-state index contributed by atoms with van der Waals surface area (Å²) in [6.07, 6.45) is 2.58. The highest BCUT2D eigenvalue weighted by molar-refractivity contribution is 9.10. The Balaban J connectivity index is 2.13. The Kier molecular flexibility index (Phi) is 2.90. The van der Waals surface area contributed by atoms with Crippen LogP contribution in [0.4, 0.5) is 0 Å². The van der Waals surface area contributed by atoms with Gasteiger partial charge in [-0.3, -0.25) is 9.48 Å². The maximum Gasteiger partial charge on any atom is 0.259 e. The van der Waals surface area contributed by atoms with Gasteiger partial charge in [-0.05, 0) is 31.0 Å². The van der Waals surface area contributed by atoms with Crippen molar-refractivity contribution < 1.29 is 4.74 Å². The van der Waals surface area contributed by atoms with Crippen LogP contribution >= 0.6 is 15.9 Å². The number of rotatable bonds is 1. The summed E-state index contributed by atoms with van der Waals surface area (Å²) in [6, 6.07) is 4.24. The number of aryl methyl sites for hydroxylation is 1. The van der Waals surface area contributed by atoms with E-state index >= 15 is 0 Å². The first-order valence-electron chi connectivity index (χ1n) is 6.92. The molecule has 1 unspecified atom stereocenters. The van der Waals surface area contributed by atoms with Gasteiger partial charge in [0.15, 0.2) is 0 Å². The molecule has 0 amide bonds. The van der Waals surface area contributed by atoms with E-state index in [1.165, 1.54) is 0 Å². The molecule has 3 aromatic rings. The van der Waals surface area contributed by atoms with E-state index in [1.807, 2.05) is 17.7 Å². The zero-order valence-electron chi connectivity index (χ0n) is 11.5. The summed E-state index contributed by atoms with van der Waals surface area (Å²) < 4.78 is 8.43. The summed E-state index contributed by atoms with van der Waals surface area (Å²) >= 11 is 3.57. The highest BCUT2D eigenvalue weighted by Crippen LogP contribution is 2.30. The summed E-state index contributed by atoms with van der Waals surface area (Å²) in [4.78, 5) is 15.2. The molecule has 1 aliphatic rings. The molecule has 0 bridgehead atoms. The lowest BCUT2D eigenvalue weighted by Crippen LogP contribution is -2.12. The minimum Gasteiger partial charge on any atom is -0.379 e. The maximum atomic E-state index is 12.3. The third-order valence-electron chi connectivity index (χ3n) is 4.09. The number of aromatic amines is 1. The largest absolute Gasteiger partial charge is 0.379 e. The first-order valence-corrected chi connectivity index (χ1v) is 7.71. The fourth-order valence-electron chi connectivity index (χ4n) is 2.96. The van der Waals surface area contributed by atoms with Gasteiger partial charge in [-0.15, -0.1) is 0 Å². The molecule has 1 atom stereocenters. The lowest BCUT2D eigenvalue weighted by molar-refractivity contribution is 0.185. The molecular weight excluding hydrogens is 334 g/mol. The zero-order chi connectivity index (χ0) is 14.6. The summed E-state index contributed by atoms with van der Waals surface area (Å²) in [5, 5.41) is 6.08. The van der Waals surface area contributed by atoms with E-state index in [9.17, 15) is 4.79 Å². The first kappa shape index (κ1) is 13.0. The molecule has 4 rings (SSSR count). The van der Waals surface area contributed by atoms with Crippen LogP contribution in [0.3, 0.4) is 0 Å². The fourth-order valence-corrected chi connectivity index (χ4v) is 3.30. The van der Waals surface area contributed by atoms with E-state index in [1.54, 1.807) is 6.20 Å². The molecule has 3 heterocycles. The van der Waals surface area contributed by atoms with Gasteiger partial charge in [0.2, 0.25) is 0 Å². The van der Waals surface area contributed by atoms with Crippen molar-refractivity contribution in [2.45, 2.75) is 19.4 Å². The molecule has 108 valence electrons. The van der Waals surface area contributed by atoms with Crippen LogP contribution in [0.5, 0.6) is 0 Å². The van der Waals surface area contributed by atoms with Crippen molar-refractivity contribution in [3.05, 3.63) is 38.7 Å². The Morgan fingerprint density at radius 2 is 2.29 bits per heavy atom. The molecule has 1 N–H and O–H groups in total. The van der Waals surface area contributed by atoms with Crippen LogP contribution < -0.4 is 5.56 Å². The van der Waals surface area contributed by atoms with Crippen molar-refractivity contribution in [2.75, 3.05) is 13.2 Å². The third-order valence-corrected chi connectivity index (χ3v) is 4.95. The summed E-state index contributed by atoms with van der Waals surface area (Å²) in [5.74, 6) is 0. The standard InChI is InChI=1S/C15H14BrN3O2/c1-8-4-13-10(5-12(8)16)14-11(15(20)18-13)6-17-19(14)9-2-3-21-7-9/h4-6,9H,2-3,7H2,1H3,(H,18,20). The zero-order valence-corrected chi connectivity index (χ0v) is 13.1. The number of nitrogens with zero attached hydrogens (tertiary/aromatic N) is 2. The number of hydrogen-bond acceptors (Lipinski definition) is 3. The van der Waals surface area contributed by atoms with Gasteiger partial charge in [0.25, 0.3) is 5.56 Å². The Morgan fingerprint density at radius 1 is 1.43 bits per heavy atom. The SMILES string of the molecule is Cc1cc2[nH]c(=O)c3cnn(C4CCOC4)c3c2cc1Br. The molecular formula is C15H14BrN3O2. The van der Waals surface area contributed by atoms with Gasteiger partial charge >= 0.3 is 0 Å². The Hall–Kier alpha value is -1.66. The monoisotopic (exact) mass is 347 g/mol. The number of halogens is 1. The second kappa shape index (κ2) is 4.68. The molecule has 6 heteroatoms. The van der Waals surface area contributed by atoms with E-state index in [4.69, 9.17) is 4.74 Å². The number of fused-ring (bicyclic) bond motifs is 3. The number of nitrogens with one attached hydrogen (secondary N) is 1. The quantitative estimate of drug-likeness (QED) is 0.736. The molecule has 1 aliphatic heterocycles. The molecule has 1 aromatic carbocycles. The topological polar surface area (TPSA) is 59.9 Å². The van der Waals surface area contributed by atoms with Crippen LogP contribution in [-0.4, -0.2) is 28.0 Å². The van der Waals surface area contributed by atoms with E-state index < -0.39 is 0 Å². The molecule has 2 aromatic heterocycles. The van der Waals surface area contributed by atoms with Crippen molar-refractivity contribution in [3.8, 4) is 0 Å². The molecule has 1 saturated heterocycles. The Morgan fingerprint density at radius 3 is 3.05 bits per heavy atom. The summed E-state index contributed by atoms with van der Waals surface area (Å²) in [7, 11) is 0. The lowest BCUT2D eigenvalue weighted by atomic mass is 10.1. The van der Waals surface area contributed by atoms with Gasteiger partial charge in [0, 0.05) is 16.5 Å². The van der Waals surface area contributed by atoms with Crippen molar-refractivity contribution in [3.63, 3.8) is 0 Å². The van der Waals surface area contributed by atoms with Crippen molar-refractivity contribution in [2.24, 2.45) is 0 Å². The predicted molar refractivity (Wildman–Crippen MR) is 84.8 cm³/mol. The van der Waals surface area contributed by atoms with Gasteiger partial charge in [-0.1, -0.05) is 15.9 Å². The van der Waals surface area contributed by atoms with Gasteiger partial charge in [-0.25, -0.2) is 0 Å². The van der Waals surface area contributed by atoms with Gasteiger partial charge in [0.1, 0.15) is 0 Å². The number of hydrogen-bond donors (Lipinski definition) is 1. The number of pyridine rings is 1. The number of aromatic nitrogens is 3. The molecule has 0 saturated carbocycles. The highest BCUT2D eigenvalue weighted by Gasteiger charge is 2.22. The lowest BCUT2D eigenvalue weighted by Gasteiger charge is -2.12. The van der Waals surface area contributed by atoms with Crippen molar-refractivity contribution in [1.82, 2.24) is 14.8 Å². The average molecular weight is 348 g/mol. The number of benzene rings is 1. The molecule has 1 fully saturated rings. The Labute approximate surface area is 129 Å². The molecule has 0 radical (unpaired) electrons. The predicted octanol–water partition coefficient (Wildman–Crippen LogP) is 2.91. The Bertz CT molecular complexity index is 907. The first-order chi connectivity index (χ1) is 10.1. The highest BCUT2D eigenvalue weighted by atomic mass is 79.9. The van der Waals surface area contributed by atoms with Crippen LogP contribution in [0.2, 0.25) is 0 Å². The summed E-state index contributed by atoms with van der Waals surface area (Å²) in [6.45, 7) is 3.40. The fraction of sp³-hybridized carbons (Fsp3) is 0.333. The molecule has 0 spiro atoms. The van der Waals surface area contributed by atoms with E-state index in [2.05, 4.69) is 32.1 Å². The second-order valence-corrected chi connectivity index (χ2v) is 6.32. The minimum atomic E-state index is -0.0932. The van der Waals surface area contributed by atoms with Crippen LogP contribution in [0, 0.1) is 6.92 Å². The van der Waals surface area contributed by atoms with Crippen LogP contribution in [-0.2, 0) is 4.74 Å². The molecule has 21 heavy (non-hydrogen) atoms. The number of ether oxygens (including phenoxy) is 1. The van der Waals surface area contributed by atoms with Gasteiger partial charge in [-0.2, -0.15) is 5.10 Å². The van der Waals surface area contributed by atoms with Crippen molar-refractivity contribution in [1.29, 1.82) is 0 Å². The van der Waals surface area contributed by atoms with Gasteiger partial charge < -0.3 is 9.72 Å². The summed E-state index contributed by atoms with van der Waals surface area (Å²) in [5.41, 5.74) is 2.73. The van der Waals surface area contributed by atoms with E-state index in [0.717, 1.165) is 39.5 Å². The van der Waals surface area contributed by atoms with Crippen LogP contribution in [0.15, 0.2) is 27.6 Å². The average Bonchev–Trinajstić information content (AvgIpc) is 3.09. The second-order valence-electron chi connectivity index (χ2n) is 5.47. The van der Waals surface area contributed by atoms with Crippen LogP contribution in [0.1, 0.15) is 18.0 Å². The smallest absolute Gasteiger partial charge is 0.259 e. The third kappa shape index (κ3) is 1.93. The minimum absolute atomic E-state index is 0.0932. The van der Waals surface area contributed by atoms with Crippen LogP contribution in [0.25, 0.3) is 21.8 Å². The normalized spacial score (nSPS) is 18.9. The maximum absolute atomic E-state index is 12.3. The van der Waals surface area contributed by atoms with E-state index in [0.29, 0.717) is 12.0 Å². The van der Waals surface area contributed by atoms with E-state index in [-0.39, 0.29) is 11.6 Å². The number of H-pyrrole nitrogens is 1. The van der Waals surface area contributed by atoms with Crippen molar-refractivity contribution >= 4 is 37.7 Å². The van der Waals surface area contributed by atoms with Gasteiger partial charge in [0.05, 0.1) is 35.3 Å². The molecule has 0 aliphatic carbocycles. The molecule has 5 nitrogen and oxygen atoms in total.